The second-order valence-corrected chi connectivity index (χ2v) is 5.87. The van der Waals surface area contributed by atoms with Gasteiger partial charge in [-0.05, 0) is 58.2 Å². The highest BCUT2D eigenvalue weighted by molar-refractivity contribution is 9.10. The van der Waals surface area contributed by atoms with Crippen molar-refractivity contribution in [2.24, 2.45) is 0 Å². The predicted molar refractivity (Wildman–Crippen MR) is 82.0 cm³/mol. The molecule has 0 heterocycles. The summed E-state index contributed by atoms with van der Waals surface area (Å²) in [6, 6.07) is 11.7. The molecule has 0 saturated heterocycles. The number of anilines is 1. The van der Waals surface area contributed by atoms with Gasteiger partial charge < -0.3 is 10.4 Å². The zero-order valence-electron chi connectivity index (χ0n) is 9.87. The van der Waals surface area contributed by atoms with Gasteiger partial charge in [-0.2, -0.15) is 0 Å². The van der Waals surface area contributed by atoms with Crippen molar-refractivity contribution in [2.75, 3.05) is 5.32 Å². The highest BCUT2D eigenvalue weighted by Crippen LogP contribution is 2.25. The van der Waals surface area contributed by atoms with Crippen LogP contribution in [-0.2, 0) is 6.54 Å². The Morgan fingerprint density at radius 1 is 1.11 bits per heavy atom. The minimum atomic E-state index is 0.261. The Labute approximate surface area is 123 Å². The standard InChI is InChI=1S/C14H13Br2NO/c1-9-2-4-11(15)7-13(9)17-8-10-3-5-14(18)12(16)6-10/h2-7,17-18H,8H2,1H3. The van der Waals surface area contributed by atoms with Crippen molar-refractivity contribution in [1.29, 1.82) is 0 Å². The molecule has 18 heavy (non-hydrogen) atoms. The molecule has 0 atom stereocenters. The number of hydrogen-bond acceptors (Lipinski definition) is 2. The van der Waals surface area contributed by atoms with Gasteiger partial charge in [0, 0.05) is 16.7 Å². The highest BCUT2D eigenvalue weighted by Gasteiger charge is 2.02. The lowest BCUT2D eigenvalue weighted by Gasteiger charge is -2.10. The van der Waals surface area contributed by atoms with Crippen LogP contribution in [0.2, 0.25) is 0 Å². The van der Waals surface area contributed by atoms with Crippen molar-refractivity contribution in [1.82, 2.24) is 0 Å². The Hall–Kier alpha value is -1.00. The fourth-order valence-electron chi connectivity index (χ4n) is 1.64. The van der Waals surface area contributed by atoms with E-state index in [1.54, 1.807) is 6.07 Å². The van der Waals surface area contributed by atoms with Gasteiger partial charge in [0.05, 0.1) is 4.47 Å². The number of phenolic OH excluding ortho intramolecular Hbond substituents is 1. The van der Waals surface area contributed by atoms with Crippen molar-refractivity contribution in [3.8, 4) is 5.75 Å². The number of halogens is 2. The van der Waals surface area contributed by atoms with E-state index in [2.05, 4.69) is 56.2 Å². The average molecular weight is 371 g/mol. The van der Waals surface area contributed by atoms with E-state index in [-0.39, 0.29) is 5.75 Å². The van der Waals surface area contributed by atoms with Gasteiger partial charge in [-0.3, -0.25) is 0 Å². The van der Waals surface area contributed by atoms with Crippen LogP contribution in [0.5, 0.6) is 5.75 Å². The number of hydrogen-bond donors (Lipinski definition) is 2. The lowest BCUT2D eigenvalue weighted by atomic mass is 10.1. The van der Waals surface area contributed by atoms with Gasteiger partial charge >= 0.3 is 0 Å². The maximum absolute atomic E-state index is 9.44. The molecule has 0 aliphatic carbocycles. The van der Waals surface area contributed by atoms with E-state index in [9.17, 15) is 5.11 Å². The fraction of sp³-hybridized carbons (Fsp3) is 0.143. The summed E-state index contributed by atoms with van der Waals surface area (Å²) in [6.45, 7) is 2.79. The number of rotatable bonds is 3. The lowest BCUT2D eigenvalue weighted by molar-refractivity contribution is 0.471. The minimum absolute atomic E-state index is 0.261. The number of phenols is 1. The molecule has 2 aromatic rings. The SMILES string of the molecule is Cc1ccc(Br)cc1NCc1ccc(O)c(Br)c1. The quantitative estimate of drug-likeness (QED) is 0.810. The van der Waals surface area contributed by atoms with Crippen LogP contribution >= 0.6 is 31.9 Å². The van der Waals surface area contributed by atoms with E-state index in [4.69, 9.17) is 0 Å². The largest absolute Gasteiger partial charge is 0.507 e. The van der Waals surface area contributed by atoms with Crippen LogP contribution in [0.1, 0.15) is 11.1 Å². The average Bonchev–Trinajstić information content (AvgIpc) is 2.34. The Kier molecular flexibility index (Phi) is 4.30. The summed E-state index contributed by atoms with van der Waals surface area (Å²) >= 11 is 6.78. The molecule has 0 unspecified atom stereocenters. The summed E-state index contributed by atoms with van der Waals surface area (Å²) in [5.74, 6) is 0.261. The summed E-state index contributed by atoms with van der Waals surface area (Å²) in [7, 11) is 0. The number of aryl methyl sites for hydroxylation is 1. The van der Waals surface area contributed by atoms with Crippen molar-refractivity contribution < 1.29 is 5.11 Å². The molecular weight excluding hydrogens is 358 g/mol. The molecule has 2 aromatic carbocycles. The summed E-state index contributed by atoms with van der Waals surface area (Å²) in [6.07, 6.45) is 0. The molecule has 0 saturated carbocycles. The third-order valence-corrected chi connectivity index (χ3v) is 3.82. The zero-order valence-corrected chi connectivity index (χ0v) is 13.0. The van der Waals surface area contributed by atoms with E-state index in [0.717, 1.165) is 22.3 Å². The molecule has 94 valence electrons. The van der Waals surface area contributed by atoms with Gasteiger partial charge in [-0.25, -0.2) is 0 Å². The van der Waals surface area contributed by atoms with E-state index in [1.165, 1.54) is 5.56 Å². The Bertz CT molecular complexity index is 570. The summed E-state index contributed by atoms with van der Waals surface area (Å²) in [4.78, 5) is 0. The zero-order chi connectivity index (χ0) is 13.1. The first kappa shape index (κ1) is 13.4. The van der Waals surface area contributed by atoms with Crippen molar-refractivity contribution >= 4 is 37.5 Å². The first-order chi connectivity index (χ1) is 8.56. The molecule has 0 fully saturated rings. The third-order valence-electron chi connectivity index (χ3n) is 2.69. The maximum atomic E-state index is 9.44. The number of aromatic hydroxyl groups is 1. The van der Waals surface area contributed by atoms with Gasteiger partial charge in [-0.15, -0.1) is 0 Å². The van der Waals surface area contributed by atoms with Crippen molar-refractivity contribution in [3.05, 3.63) is 56.5 Å². The number of benzene rings is 2. The maximum Gasteiger partial charge on any atom is 0.129 e. The molecule has 0 spiro atoms. The number of nitrogens with one attached hydrogen (secondary N) is 1. The first-order valence-electron chi connectivity index (χ1n) is 5.53. The molecule has 0 amide bonds. The molecule has 0 aliphatic rings. The molecule has 0 bridgehead atoms. The van der Waals surface area contributed by atoms with Crippen molar-refractivity contribution in [3.63, 3.8) is 0 Å². The van der Waals surface area contributed by atoms with Gasteiger partial charge in [0.1, 0.15) is 5.75 Å². The van der Waals surface area contributed by atoms with E-state index in [1.807, 2.05) is 18.2 Å². The molecule has 2 N–H and O–H groups in total. The molecule has 2 rings (SSSR count). The van der Waals surface area contributed by atoms with Gasteiger partial charge in [0.15, 0.2) is 0 Å². The molecular formula is C14H13Br2NO. The summed E-state index contributed by atoms with van der Waals surface area (Å²) < 4.78 is 1.77. The molecule has 4 heteroatoms. The van der Waals surface area contributed by atoms with Crippen LogP contribution in [0.3, 0.4) is 0 Å². The van der Waals surface area contributed by atoms with Gasteiger partial charge in [0.25, 0.3) is 0 Å². The smallest absolute Gasteiger partial charge is 0.129 e. The van der Waals surface area contributed by atoms with Crippen LogP contribution in [0.15, 0.2) is 45.3 Å². The topological polar surface area (TPSA) is 32.3 Å². The van der Waals surface area contributed by atoms with Gasteiger partial charge in [-0.1, -0.05) is 28.1 Å². The Balaban J connectivity index is 2.11. The fourth-order valence-corrected chi connectivity index (χ4v) is 2.43. The van der Waals surface area contributed by atoms with Crippen LogP contribution in [0.4, 0.5) is 5.69 Å². The van der Waals surface area contributed by atoms with Crippen molar-refractivity contribution in [2.45, 2.75) is 13.5 Å². The summed E-state index contributed by atoms with van der Waals surface area (Å²) in [5, 5.41) is 12.8. The molecule has 2 nitrogen and oxygen atoms in total. The van der Waals surface area contributed by atoms with Crippen LogP contribution in [0.25, 0.3) is 0 Å². The van der Waals surface area contributed by atoms with Crippen LogP contribution in [0, 0.1) is 6.92 Å². The highest BCUT2D eigenvalue weighted by atomic mass is 79.9. The van der Waals surface area contributed by atoms with E-state index < -0.39 is 0 Å². The summed E-state index contributed by atoms with van der Waals surface area (Å²) in [5.41, 5.74) is 3.42. The molecule has 0 radical (unpaired) electrons. The second-order valence-electron chi connectivity index (χ2n) is 4.10. The van der Waals surface area contributed by atoms with Crippen LogP contribution < -0.4 is 5.32 Å². The monoisotopic (exact) mass is 369 g/mol. The van der Waals surface area contributed by atoms with Gasteiger partial charge in [0.2, 0.25) is 0 Å². The molecule has 0 aromatic heterocycles. The molecule has 0 aliphatic heterocycles. The normalized spacial score (nSPS) is 10.4. The minimum Gasteiger partial charge on any atom is -0.507 e. The third kappa shape index (κ3) is 3.27. The van der Waals surface area contributed by atoms with E-state index >= 15 is 0 Å². The predicted octanol–water partition coefficient (Wildman–Crippen LogP) is 4.84. The Morgan fingerprint density at radius 3 is 2.61 bits per heavy atom. The first-order valence-corrected chi connectivity index (χ1v) is 7.12. The van der Waals surface area contributed by atoms with E-state index in [0.29, 0.717) is 4.47 Å². The Morgan fingerprint density at radius 2 is 1.89 bits per heavy atom. The lowest BCUT2D eigenvalue weighted by Crippen LogP contribution is -2.01. The second kappa shape index (κ2) is 5.76. The van der Waals surface area contributed by atoms with Crippen LogP contribution in [-0.4, -0.2) is 5.11 Å².